The van der Waals surface area contributed by atoms with Gasteiger partial charge in [-0.2, -0.15) is 0 Å². The van der Waals surface area contributed by atoms with Crippen molar-refractivity contribution in [1.29, 1.82) is 0 Å². The Kier molecular flexibility index (Phi) is 8.92. The van der Waals surface area contributed by atoms with Crippen LogP contribution in [0.4, 0.5) is 0 Å². The fourth-order valence-corrected chi connectivity index (χ4v) is 8.06. The molecule has 0 aliphatic carbocycles. The summed E-state index contributed by atoms with van der Waals surface area (Å²) in [5, 5.41) is 9.17. The van der Waals surface area contributed by atoms with Crippen LogP contribution in [0.25, 0.3) is 22.0 Å². The number of fused-ring (bicyclic) bond motifs is 3. The Bertz CT molecular complexity index is 1650. The highest BCUT2D eigenvalue weighted by Gasteiger charge is 2.43. The maximum absolute atomic E-state index is 12.8. The fourth-order valence-electron chi connectivity index (χ4n) is 7.54. The molecular formula is C36H42Cl2N6O. The smallest absolute Gasteiger partial charge is 0.240 e. The number of aryl methyl sites for hydroxylation is 1. The molecule has 3 aliphatic heterocycles. The van der Waals surface area contributed by atoms with E-state index in [1.54, 1.807) is 0 Å². The highest BCUT2D eigenvalue weighted by atomic mass is 35.5. The van der Waals surface area contributed by atoms with Crippen LogP contribution in [0.1, 0.15) is 36.8 Å². The summed E-state index contributed by atoms with van der Waals surface area (Å²) in [5.74, 6) is -0.0256. The van der Waals surface area contributed by atoms with E-state index in [-0.39, 0.29) is 5.91 Å². The summed E-state index contributed by atoms with van der Waals surface area (Å²) in [5.41, 5.74) is 11.7. The quantitative estimate of drug-likeness (QED) is 0.194. The number of hydrogen-bond donors (Lipinski definition) is 3. The SMILES string of the molecule is NC1(C(=O)NCCCn2cc(-c3ccccc3)c3cc(CN4CC5CC4CN5Cc4c(Cl)cccc4Cl)ccc32)CCNCC1. The maximum atomic E-state index is 12.8. The first kappa shape index (κ1) is 30.7. The van der Waals surface area contributed by atoms with E-state index in [0.717, 1.165) is 67.8 Å². The first-order valence-electron chi connectivity index (χ1n) is 16.2. The van der Waals surface area contributed by atoms with Gasteiger partial charge in [-0.25, -0.2) is 0 Å². The normalized spacial score (nSPS) is 21.5. The summed E-state index contributed by atoms with van der Waals surface area (Å²) >= 11 is 13.0. The Morgan fingerprint density at radius 3 is 2.36 bits per heavy atom. The van der Waals surface area contributed by atoms with E-state index >= 15 is 0 Å². The number of nitrogens with two attached hydrogens (primary N) is 1. The number of aromatic nitrogens is 1. The Labute approximate surface area is 275 Å². The third kappa shape index (κ3) is 6.39. The number of piperidine rings is 1. The molecule has 7 nitrogen and oxygen atoms in total. The van der Waals surface area contributed by atoms with Gasteiger partial charge >= 0.3 is 0 Å². The summed E-state index contributed by atoms with van der Waals surface area (Å²) in [4.78, 5) is 18.0. The van der Waals surface area contributed by atoms with Crippen molar-refractivity contribution in [3.63, 3.8) is 0 Å². The molecule has 4 aromatic rings. The number of hydrogen-bond acceptors (Lipinski definition) is 5. The molecule has 2 bridgehead atoms. The predicted octanol–water partition coefficient (Wildman–Crippen LogP) is 5.66. The highest BCUT2D eigenvalue weighted by molar-refractivity contribution is 6.36. The molecule has 1 aromatic heterocycles. The Balaban J connectivity index is 1.03. The minimum absolute atomic E-state index is 0.0256. The maximum Gasteiger partial charge on any atom is 0.240 e. The number of amides is 1. The van der Waals surface area contributed by atoms with E-state index in [4.69, 9.17) is 28.9 Å². The Morgan fingerprint density at radius 2 is 1.64 bits per heavy atom. The third-order valence-corrected chi connectivity index (χ3v) is 10.8. The van der Waals surface area contributed by atoms with Crippen LogP contribution in [0, 0.1) is 0 Å². The van der Waals surface area contributed by atoms with Crippen molar-refractivity contribution in [2.45, 2.75) is 62.9 Å². The number of benzene rings is 3. The molecule has 4 N–H and O–H groups in total. The zero-order valence-electron chi connectivity index (χ0n) is 25.7. The number of carbonyl (C=O) groups is 1. The number of nitrogens with one attached hydrogen (secondary N) is 2. The molecule has 2 atom stereocenters. The minimum atomic E-state index is -0.751. The van der Waals surface area contributed by atoms with Gasteiger partial charge in [0.05, 0.1) is 5.54 Å². The number of rotatable bonds is 10. The molecule has 3 aliphatic rings. The van der Waals surface area contributed by atoms with Gasteiger partial charge in [-0.3, -0.25) is 14.6 Å². The first-order valence-corrected chi connectivity index (χ1v) is 17.0. The lowest BCUT2D eigenvalue weighted by Gasteiger charge is -2.34. The molecule has 2 unspecified atom stereocenters. The van der Waals surface area contributed by atoms with Crippen LogP contribution in [-0.2, 0) is 24.4 Å². The fraction of sp³-hybridized carbons (Fsp3) is 0.417. The summed E-state index contributed by atoms with van der Waals surface area (Å²) in [7, 11) is 0. The highest BCUT2D eigenvalue weighted by Crippen LogP contribution is 2.37. The number of piperazine rings is 1. The van der Waals surface area contributed by atoms with Gasteiger partial charge in [0.1, 0.15) is 0 Å². The molecular weight excluding hydrogens is 603 g/mol. The molecule has 3 aromatic carbocycles. The van der Waals surface area contributed by atoms with Gasteiger partial charge in [0.25, 0.3) is 0 Å². The molecule has 3 fully saturated rings. The molecule has 1 amide bonds. The van der Waals surface area contributed by atoms with Gasteiger partial charge in [0.2, 0.25) is 5.91 Å². The van der Waals surface area contributed by atoms with E-state index in [2.05, 4.69) is 79.7 Å². The van der Waals surface area contributed by atoms with Crippen LogP contribution < -0.4 is 16.4 Å². The average Bonchev–Trinajstić information content (AvgIpc) is 3.74. The summed E-state index contributed by atoms with van der Waals surface area (Å²) in [6, 6.07) is 24.4. The van der Waals surface area contributed by atoms with Gasteiger partial charge in [-0.15, -0.1) is 0 Å². The molecule has 7 rings (SSSR count). The van der Waals surface area contributed by atoms with E-state index in [1.807, 2.05) is 18.2 Å². The second-order valence-electron chi connectivity index (χ2n) is 13.1. The van der Waals surface area contributed by atoms with Gasteiger partial charge < -0.3 is 20.9 Å². The third-order valence-electron chi connectivity index (χ3n) is 10.1. The summed E-state index contributed by atoms with van der Waals surface area (Å²) < 4.78 is 2.34. The van der Waals surface area contributed by atoms with Crippen molar-refractivity contribution in [3.05, 3.63) is 94.1 Å². The van der Waals surface area contributed by atoms with Crippen molar-refractivity contribution in [2.75, 3.05) is 32.7 Å². The van der Waals surface area contributed by atoms with Crippen LogP contribution >= 0.6 is 23.2 Å². The number of halogens is 2. The Hall–Kier alpha value is -2.91. The van der Waals surface area contributed by atoms with Gasteiger partial charge in [0, 0.05) is 89.6 Å². The second kappa shape index (κ2) is 13.1. The van der Waals surface area contributed by atoms with Crippen LogP contribution in [0.5, 0.6) is 0 Å². The zero-order chi connectivity index (χ0) is 31.0. The predicted molar refractivity (Wildman–Crippen MR) is 183 cm³/mol. The number of nitrogens with zero attached hydrogens (tertiary/aromatic N) is 3. The lowest BCUT2D eigenvalue weighted by Crippen LogP contribution is -2.59. The van der Waals surface area contributed by atoms with Gasteiger partial charge in [-0.1, -0.05) is 65.7 Å². The van der Waals surface area contributed by atoms with Crippen molar-refractivity contribution in [1.82, 2.24) is 25.0 Å². The largest absolute Gasteiger partial charge is 0.354 e. The van der Waals surface area contributed by atoms with Crippen molar-refractivity contribution in [3.8, 4) is 11.1 Å². The van der Waals surface area contributed by atoms with Crippen molar-refractivity contribution in [2.24, 2.45) is 5.73 Å². The van der Waals surface area contributed by atoms with Gasteiger partial charge in [0.15, 0.2) is 0 Å². The van der Waals surface area contributed by atoms with Crippen molar-refractivity contribution >= 4 is 40.0 Å². The molecule has 236 valence electrons. The average molecular weight is 646 g/mol. The van der Waals surface area contributed by atoms with Crippen LogP contribution in [0.15, 0.2) is 72.9 Å². The van der Waals surface area contributed by atoms with Crippen LogP contribution in [0.3, 0.4) is 0 Å². The lowest BCUT2D eigenvalue weighted by atomic mass is 9.88. The lowest BCUT2D eigenvalue weighted by molar-refractivity contribution is -0.127. The second-order valence-corrected chi connectivity index (χ2v) is 13.9. The summed E-state index contributed by atoms with van der Waals surface area (Å²) in [6.07, 6.45) is 5.66. The number of likely N-dealkylation sites (tertiary alicyclic amines) is 2. The van der Waals surface area contributed by atoms with Crippen LogP contribution in [0.2, 0.25) is 10.0 Å². The molecule has 0 spiro atoms. The minimum Gasteiger partial charge on any atom is -0.354 e. The molecule has 45 heavy (non-hydrogen) atoms. The van der Waals surface area contributed by atoms with E-state index in [1.165, 1.54) is 34.0 Å². The topological polar surface area (TPSA) is 78.6 Å². The Morgan fingerprint density at radius 1 is 0.933 bits per heavy atom. The molecule has 0 radical (unpaired) electrons. The van der Waals surface area contributed by atoms with Crippen molar-refractivity contribution < 1.29 is 4.79 Å². The zero-order valence-corrected chi connectivity index (χ0v) is 27.2. The molecule has 0 saturated carbocycles. The molecule has 4 heterocycles. The van der Waals surface area contributed by atoms with Crippen LogP contribution in [-0.4, -0.2) is 70.6 Å². The monoisotopic (exact) mass is 644 g/mol. The van der Waals surface area contributed by atoms with E-state index in [0.29, 0.717) is 31.5 Å². The summed E-state index contributed by atoms with van der Waals surface area (Å²) in [6.45, 7) is 6.87. The molecule has 9 heteroatoms. The number of carbonyl (C=O) groups excluding carboxylic acids is 1. The van der Waals surface area contributed by atoms with E-state index < -0.39 is 5.54 Å². The van der Waals surface area contributed by atoms with Gasteiger partial charge in [-0.05, 0) is 74.2 Å². The standard InChI is InChI=1S/C36H42Cl2N6O/c37-32-8-4-9-33(38)31(32)24-44-22-27-19-28(44)21-43(27)20-25-10-11-34-29(18-25)30(26-6-2-1-3-7-26)23-42(34)17-5-14-41-35(45)36(39)12-15-40-16-13-36/h1-4,6-11,18,23,27-28,40H,5,12-17,19-22,24,39H2,(H,41,45). The first-order chi connectivity index (χ1) is 21.9. The van der Waals surface area contributed by atoms with E-state index in [9.17, 15) is 4.79 Å². The molecule has 3 saturated heterocycles.